The number of quaternary nitrogens is 1. The Hall–Kier alpha value is -3.53. The number of unbranched alkanes of at least 4 members (excludes halogenated alkanes) is 37. The molecule has 0 radical (unpaired) electrons. The Morgan fingerprint density at radius 2 is 0.671 bits per heavy atom. The van der Waals surface area contributed by atoms with Gasteiger partial charge in [-0.2, -0.15) is 0 Å². The molecule has 2 unspecified atom stereocenters. The zero-order valence-electron chi connectivity index (χ0n) is 56.2. The van der Waals surface area contributed by atoms with Gasteiger partial charge in [0.1, 0.15) is 13.2 Å². The Morgan fingerprint density at radius 1 is 0.365 bits per heavy atom. The molecule has 0 aromatic carbocycles. The van der Waals surface area contributed by atoms with Crippen molar-refractivity contribution < 1.29 is 42.9 Å². The summed E-state index contributed by atoms with van der Waals surface area (Å²) in [5, 5.41) is 11.8. The monoisotopic (exact) mass is 1190 g/mol. The number of hydrogen-bond donors (Lipinski definition) is 0. The highest BCUT2D eigenvalue weighted by atomic mass is 16.7. The second-order valence-electron chi connectivity index (χ2n) is 25.1. The van der Waals surface area contributed by atoms with Gasteiger partial charge in [-0.25, -0.2) is 0 Å². The van der Waals surface area contributed by atoms with E-state index >= 15 is 0 Å². The molecule has 2 atom stereocenters. The summed E-state index contributed by atoms with van der Waals surface area (Å²) in [5.74, 6) is -2.27. The van der Waals surface area contributed by atoms with Gasteiger partial charge in [-0.15, -0.1) is 0 Å². The lowest BCUT2D eigenvalue weighted by Crippen LogP contribution is -2.44. The van der Waals surface area contributed by atoms with Gasteiger partial charge >= 0.3 is 11.9 Å². The van der Waals surface area contributed by atoms with Crippen LogP contribution in [0.4, 0.5) is 0 Å². The maximum absolute atomic E-state index is 12.9. The lowest BCUT2D eigenvalue weighted by molar-refractivity contribution is -0.870. The van der Waals surface area contributed by atoms with Crippen molar-refractivity contribution in [2.75, 3.05) is 47.5 Å². The van der Waals surface area contributed by atoms with Crippen LogP contribution in [0.2, 0.25) is 0 Å². The predicted molar refractivity (Wildman–Crippen MR) is 361 cm³/mol. The fraction of sp³-hybridized carbons (Fsp3) is 0.776. The van der Waals surface area contributed by atoms with Crippen molar-refractivity contribution in [2.24, 2.45) is 0 Å². The van der Waals surface area contributed by atoms with Crippen molar-refractivity contribution in [3.63, 3.8) is 0 Å². The van der Waals surface area contributed by atoms with Crippen LogP contribution >= 0.6 is 0 Å². The molecule has 0 rings (SSSR count). The number of esters is 2. The van der Waals surface area contributed by atoms with E-state index in [0.717, 1.165) is 70.6 Å². The van der Waals surface area contributed by atoms with Crippen LogP contribution in [-0.2, 0) is 33.3 Å². The molecule has 0 aliphatic carbocycles. The molecule has 0 amide bonds. The minimum absolute atomic E-state index is 0.147. The number of likely N-dealkylation sites (N-methyl/N-ethyl adjacent to an activating group) is 1. The summed E-state index contributed by atoms with van der Waals surface area (Å²) >= 11 is 0. The fourth-order valence-corrected chi connectivity index (χ4v) is 10.2. The average Bonchev–Trinajstić information content (AvgIpc) is 3.48. The second-order valence-corrected chi connectivity index (χ2v) is 25.1. The number of carboxylic acid groups (broad SMARTS) is 1. The number of carbonyl (C=O) groups is 3. The summed E-state index contributed by atoms with van der Waals surface area (Å²) < 4.78 is 22.8. The van der Waals surface area contributed by atoms with Gasteiger partial charge in [-0.05, 0) is 89.9 Å². The second kappa shape index (κ2) is 66.4. The number of hydrogen-bond acceptors (Lipinski definition) is 8. The summed E-state index contributed by atoms with van der Waals surface area (Å²) in [6.07, 6.45) is 86.7. The van der Waals surface area contributed by atoms with Crippen molar-refractivity contribution in [1.29, 1.82) is 0 Å². The molecule has 0 aromatic rings. The fourth-order valence-electron chi connectivity index (χ4n) is 10.2. The van der Waals surface area contributed by atoms with E-state index in [2.05, 4.69) is 98.9 Å². The quantitative estimate of drug-likeness (QED) is 0.0195. The molecule has 0 fully saturated rings. The van der Waals surface area contributed by atoms with Gasteiger partial charge in [0, 0.05) is 12.8 Å². The van der Waals surface area contributed by atoms with Crippen LogP contribution < -0.4 is 5.11 Å². The van der Waals surface area contributed by atoms with Crippen molar-refractivity contribution in [3.05, 3.63) is 85.1 Å². The molecule has 9 heteroatoms. The Bertz CT molecular complexity index is 1670. The average molecular weight is 1190 g/mol. The summed E-state index contributed by atoms with van der Waals surface area (Å²) in [6, 6.07) is 0. The first-order valence-electron chi connectivity index (χ1n) is 35.7. The Labute approximate surface area is 525 Å². The molecular formula is C76H135NO8. The lowest BCUT2D eigenvalue weighted by Gasteiger charge is -2.26. The highest BCUT2D eigenvalue weighted by Gasteiger charge is 2.22. The molecule has 0 N–H and O–H groups in total. The zero-order valence-corrected chi connectivity index (χ0v) is 56.2. The maximum Gasteiger partial charge on any atom is 0.306 e. The molecule has 9 nitrogen and oxygen atoms in total. The predicted octanol–water partition coefficient (Wildman–Crippen LogP) is 20.9. The van der Waals surface area contributed by atoms with Gasteiger partial charge in [0.05, 0.1) is 40.3 Å². The van der Waals surface area contributed by atoms with Crippen LogP contribution in [0.3, 0.4) is 0 Å². The zero-order chi connectivity index (χ0) is 61.9. The summed E-state index contributed by atoms with van der Waals surface area (Å²) in [5.41, 5.74) is 0. The molecule has 0 saturated heterocycles. The summed E-state index contributed by atoms with van der Waals surface area (Å²) in [6.45, 7) is 4.67. The molecule has 0 heterocycles. The van der Waals surface area contributed by atoms with E-state index in [1.165, 1.54) is 218 Å². The highest BCUT2D eigenvalue weighted by Crippen LogP contribution is 2.18. The van der Waals surface area contributed by atoms with Crippen LogP contribution in [0, 0.1) is 0 Å². The third-order valence-corrected chi connectivity index (χ3v) is 15.6. The first-order valence-corrected chi connectivity index (χ1v) is 35.7. The molecule has 85 heavy (non-hydrogen) atoms. The van der Waals surface area contributed by atoms with E-state index in [-0.39, 0.29) is 32.2 Å². The first kappa shape index (κ1) is 81.5. The normalized spacial score (nSPS) is 13.2. The largest absolute Gasteiger partial charge is 0.545 e. The Morgan fingerprint density at radius 3 is 1.01 bits per heavy atom. The number of rotatable bonds is 66. The molecule has 0 bridgehead atoms. The number of allylic oxidation sites excluding steroid dienone is 14. The van der Waals surface area contributed by atoms with Crippen LogP contribution in [0.5, 0.6) is 0 Å². The number of ether oxygens (including phenoxy) is 4. The van der Waals surface area contributed by atoms with Crippen LogP contribution in [0.1, 0.15) is 322 Å². The maximum atomic E-state index is 12.9. The van der Waals surface area contributed by atoms with Gasteiger partial charge in [0.2, 0.25) is 0 Å². The molecule has 0 aromatic heterocycles. The standard InChI is InChI=1S/C76H135NO8/c1-6-8-10-12-14-16-18-20-22-24-26-28-30-31-32-33-34-35-36-37-38-39-40-41-42-43-45-47-49-51-53-55-57-59-61-63-65-67-74(79)85-72(71-84-76(75(80)81)82-69-68-77(3,4)5)70-83-73(78)66-64-62-60-58-56-54-52-50-48-46-44-29-27-25-23-21-19-17-15-13-11-9-7-2/h8,10,14,16,20,22,25-28,31-32,34-35,72,76H,6-7,9,11-13,15,17-19,21,23-24,29-30,33,36-71H2,1-5H3/b10-8-,16-14-,22-20-,27-25-,28-26-,32-31-,35-34-. The third kappa shape index (κ3) is 67.8. The molecule has 0 saturated carbocycles. The van der Waals surface area contributed by atoms with Gasteiger partial charge < -0.3 is 33.3 Å². The van der Waals surface area contributed by atoms with E-state index in [0.29, 0.717) is 23.9 Å². The van der Waals surface area contributed by atoms with Crippen molar-refractivity contribution in [2.45, 2.75) is 334 Å². The molecule has 0 spiro atoms. The van der Waals surface area contributed by atoms with Gasteiger partial charge in [-0.3, -0.25) is 9.59 Å². The van der Waals surface area contributed by atoms with Gasteiger partial charge in [0.25, 0.3) is 0 Å². The SMILES string of the molecule is CC/C=C\C/C=C\C/C=C\C/C=C\C/C=C\C/C=C\CCCCCCCCCCCCCCCCCCCCC(=O)OC(COC(=O)CCCCCCCCCCCCC/C=C\CCCCCCCCCC)COC(OCC[N+](C)(C)C)C(=O)[O-]. The Balaban J connectivity index is 4.06. The van der Waals surface area contributed by atoms with Gasteiger partial charge in [-0.1, -0.05) is 304 Å². The van der Waals surface area contributed by atoms with Crippen molar-refractivity contribution in [3.8, 4) is 0 Å². The third-order valence-electron chi connectivity index (χ3n) is 15.6. The molecule has 0 aliphatic heterocycles. The smallest absolute Gasteiger partial charge is 0.306 e. The van der Waals surface area contributed by atoms with E-state index in [1.807, 2.05) is 21.1 Å². The minimum atomic E-state index is -1.62. The summed E-state index contributed by atoms with van der Waals surface area (Å²) in [4.78, 5) is 37.5. The highest BCUT2D eigenvalue weighted by molar-refractivity contribution is 5.70. The first-order chi connectivity index (χ1) is 41.6. The topological polar surface area (TPSA) is 111 Å². The van der Waals surface area contributed by atoms with E-state index in [9.17, 15) is 19.5 Å². The molecular weight excluding hydrogens is 1050 g/mol. The summed E-state index contributed by atoms with van der Waals surface area (Å²) in [7, 11) is 5.94. The Kier molecular flexibility index (Phi) is 63.7. The number of carbonyl (C=O) groups excluding carboxylic acids is 3. The molecule has 0 aliphatic rings. The number of nitrogens with zero attached hydrogens (tertiary/aromatic N) is 1. The van der Waals surface area contributed by atoms with Crippen molar-refractivity contribution in [1.82, 2.24) is 0 Å². The van der Waals surface area contributed by atoms with E-state index in [4.69, 9.17) is 18.9 Å². The number of aliphatic carboxylic acids is 1. The lowest BCUT2D eigenvalue weighted by atomic mass is 10.0. The van der Waals surface area contributed by atoms with E-state index in [1.54, 1.807) is 0 Å². The van der Waals surface area contributed by atoms with Crippen LogP contribution in [0.25, 0.3) is 0 Å². The van der Waals surface area contributed by atoms with E-state index < -0.39 is 24.3 Å². The van der Waals surface area contributed by atoms with Gasteiger partial charge in [0.15, 0.2) is 12.4 Å². The number of carboxylic acids is 1. The van der Waals surface area contributed by atoms with Crippen LogP contribution in [-0.4, -0.2) is 82.3 Å². The van der Waals surface area contributed by atoms with Crippen molar-refractivity contribution >= 4 is 17.9 Å². The molecule has 492 valence electrons. The van der Waals surface area contributed by atoms with Crippen LogP contribution in [0.15, 0.2) is 85.1 Å². The minimum Gasteiger partial charge on any atom is -0.545 e.